The van der Waals surface area contributed by atoms with Crippen molar-refractivity contribution < 1.29 is 9.53 Å². The van der Waals surface area contributed by atoms with Gasteiger partial charge in [0.25, 0.3) is 5.91 Å². The molecule has 1 N–H and O–H groups in total. The Morgan fingerprint density at radius 1 is 1.56 bits per heavy atom. The van der Waals surface area contributed by atoms with E-state index in [1.807, 2.05) is 24.4 Å². The molecule has 0 aliphatic carbocycles. The number of benzene rings is 1. The van der Waals surface area contributed by atoms with Crippen LogP contribution in [0.1, 0.15) is 22.8 Å². The van der Waals surface area contributed by atoms with E-state index in [0.29, 0.717) is 10.7 Å². The van der Waals surface area contributed by atoms with Crippen LogP contribution in [0.5, 0.6) is 5.75 Å². The van der Waals surface area contributed by atoms with Crippen LogP contribution in [0.3, 0.4) is 0 Å². The number of anilines is 1. The van der Waals surface area contributed by atoms with E-state index in [0.717, 1.165) is 17.7 Å². The Morgan fingerprint density at radius 2 is 2.44 bits per heavy atom. The molecule has 2 aromatic rings. The molecule has 0 unspecified atom stereocenters. The van der Waals surface area contributed by atoms with Gasteiger partial charge in [-0.2, -0.15) is 0 Å². The second-order valence-corrected chi connectivity index (χ2v) is 5.14. The summed E-state index contributed by atoms with van der Waals surface area (Å²) in [6.45, 7) is 2.02. The summed E-state index contributed by atoms with van der Waals surface area (Å²) in [7, 11) is 0. The molecule has 1 aromatic heterocycles. The Kier molecular flexibility index (Phi) is 2.76. The van der Waals surface area contributed by atoms with Crippen molar-refractivity contribution in [3.63, 3.8) is 0 Å². The third-order valence-corrected chi connectivity index (χ3v) is 3.50. The summed E-state index contributed by atoms with van der Waals surface area (Å²) in [4.78, 5) is 16.0. The Balaban J connectivity index is 1.81. The number of nitrogens with zero attached hydrogens (tertiary/aromatic N) is 1. The maximum absolute atomic E-state index is 12.0. The Labute approximate surface area is 109 Å². The van der Waals surface area contributed by atoms with Gasteiger partial charge in [0.1, 0.15) is 11.9 Å². The lowest BCUT2D eigenvalue weighted by Crippen LogP contribution is -2.11. The highest BCUT2D eigenvalue weighted by Gasteiger charge is 2.20. The van der Waals surface area contributed by atoms with Crippen LogP contribution >= 0.6 is 11.3 Å². The van der Waals surface area contributed by atoms with Crippen LogP contribution in [-0.2, 0) is 6.42 Å². The number of amides is 1. The van der Waals surface area contributed by atoms with Gasteiger partial charge in [-0.15, -0.1) is 11.3 Å². The first-order valence-electron chi connectivity index (χ1n) is 5.73. The Morgan fingerprint density at radius 3 is 3.22 bits per heavy atom. The first-order valence-corrected chi connectivity index (χ1v) is 6.61. The summed E-state index contributed by atoms with van der Waals surface area (Å²) >= 11 is 1.40. The molecular weight excluding hydrogens is 248 g/mol. The third-order valence-electron chi connectivity index (χ3n) is 2.81. The van der Waals surface area contributed by atoms with E-state index in [-0.39, 0.29) is 12.0 Å². The number of thiazole rings is 1. The second-order valence-electron chi connectivity index (χ2n) is 4.25. The Bertz CT molecular complexity index is 581. The molecule has 0 saturated heterocycles. The number of carbonyl (C=O) groups excluding carboxylic acids is 1. The fraction of sp³-hybridized carbons (Fsp3) is 0.231. The van der Waals surface area contributed by atoms with Gasteiger partial charge in [0.15, 0.2) is 5.13 Å². The molecule has 0 fully saturated rings. The zero-order valence-electron chi connectivity index (χ0n) is 9.84. The number of hydrogen-bond acceptors (Lipinski definition) is 4. The average Bonchev–Trinajstić information content (AvgIpc) is 2.95. The molecular formula is C13H12N2O2S. The fourth-order valence-corrected chi connectivity index (χ4v) is 2.54. The SMILES string of the molecule is C[C@@H]1Cc2cc(C(=O)Nc3nccs3)ccc2O1. The summed E-state index contributed by atoms with van der Waals surface area (Å²) in [6.07, 6.45) is 2.71. The van der Waals surface area contributed by atoms with E-state index in [2.05, 4.69) is 10.3 Å². The molecule has 1 amide bonds. The smallest absolute Gasteiger partial charge is 0.257 e. The van der Waals surface area contributed by atoms with E-state index in [1.165, 1.54) is 11.3 Å². The van der Waals surface area contributed by atoms with E-state index in [1.54, 1.807) is 12.3 Å². The number of carbonyl (C=O) groups is 1. The van der Waals surface area contributed by atoms with Crippen molar-refractivity contribution in [3.05, 3.63) is 40.9 Å². The molecule has 1 aromatic carbocycles. The lowest BCUT2D eigenvalue weighted by atomic mass is 10.1. The summed E-state index contributed by atoms with van der Waals surface area (Å²) in [5.41, 5.74) is 1.73. The van der Waals surface area contributed by atoms with Gasteiger partial charge in [0, 0.05) is 23.6 Å². The lowest BCUT2D eigenvalue weighted by Gasteiger charge is -2.04. The maximum Gasteiger partial charge on any atom is 0.257 e. The van der Waals surface area contributed by atoms with Crippen LogP contribution in [0.25, 0.3) is 0 Å². The number of aromatic nitrogens is 1. The number of hydrogen-bond donors (Lipinski definition) is 1. The zero-order valence-corrected chi connectivity index (χ0v) is 10.7. The van der Waals surface area contributed by atoms with Crippen molar-refractivity contribution in [1.29, 1.82) is 0 Å². The predicted molar refractivity (Wildman–Crippen MR) is 70.3 cm³/mol. The summed E-state index contributed by atoms with van der Waals surface area (Å²) in [5.74, 6) is 0.751. The molecule has 3 rings (SSSR count). The van der Waals surface area contributed by atoms with Crippen LogP contribution in [0.4, 0.5) is 5.13 Å². The molecule has 4 nitrogen and oxygen atoms in total. The number of nitrogens with one attached hydrogen (secondary N) is 1. The van der Waals surface area contributed by atoms with Crippen molar-refractivity contribution in [2.75, 3.05) is 5.32 Å². The van der Waals surface area contributed by atoms with E-state index >= 15 is 0 Å². The van der Waals surface area contributed by atoms with Crippen molar-refractivity contribution >= 4 is 22.4 Å². The zero-order chi connectivity index (χ0) is 12.5. The number of ether oxygens (including phenoxy) is 1. The van der Waals surface area contributed by atoms with Gasteiger partial charge in [0.05, 0.1) is 0 Å². The van der Waals surface area contributed by atoms with Crippen LogP contribution < -0.4 is 10.1 Å². The average molecular weight is 260 g/mol. The molecule has 0 spiro atoms. The van der Waals surface area contributed by atoms with Crippen molar-refractivity contribution in [1.82, 2.24) is 4.98 Å². The summed E-state index contributed by atoms with van der Waals surface area (Å²) in [6, 6.07) is 5.52. The predicted octanol–water partition coefficient (Wildman–Crippen LogP) is 2.72. The van der Waals surface area contributed by atoms with Gasteiger partial charge >= 0.3 is 0 Å². The fourth-order valence-electron chi connectivity index (χ4n) is 2.02. The Hall–Kier alpha value is -1.88. The second kappa shape index (κ2) is 4.42. The maximum atomic E-state index is 12.0. The van der Waals surface area contributed by atoms with Gasteiger partial charge in [0.2, 0.25) is 0 Å². The van der Waals surface area contributed by atoms with Crippen LogP contribution in [-0.4, -0.2) is 17.0 Å². The standard InChI is InChI=1S/C13H12N2O2S/c1-8-6-10-7-9(2-3-11(10)17-8)12(16)15-13-14-4-5-18-13/h2-5,7-8H,6H2,1H3,(H,14,15,16)/t8-/m1/s1. The number of fused-ring (bicyclic) bond motifs is 1. The number of rotatable bonds is 2. The van der Waals surface area contributed by atoms with Crippen LogP contribution in [0.2, 0.25) is 0 Å². The van der Waals surface area contributed by atoms with Crippen molar-refractivity contribution in [2.45, 2.75) is 19.4 Å². The van der Waals surface area contributed by atoms with Crippen LogP contribution in [0.15, 0.2) is 29.8 Å². The van der Waals surface area contributed by atoms with Gasteiger partial charge in [-0.05, 0) is 30.7 Å². The highest BCUT2D eigenvalue weighted by atomic mass is 32.1. The normalized spacial score (nSPS) is 17.1. The van der Waals surface area contributed by atoms with Crippen LogP contribution in [0, 0.1) is 0 Å². The van der Waals surface area contributed by atoms with E-state index in [9.17, 15) is 4.79 Å². The van der Waals surface area contributed by atoms with E-state index < -0.39 is 0 Å². The van der Waals surface area contributed by atoms with Gasteiger partial charge in [-0.25, -0.2) is 4.98 Å². The molecule has 1 aliphatic heterocycles. The third kappa shape index (κ3) is 2.09. The molecule has 0 bridgehead atoms. The molecule has 1 atom stereocenters. The lowest BCUT2D eigenvalue weighted by molar-refractivity contribution is 0.102. The van der Waals surface area contributed by atoms with Gasteiger partial charge in [-0.3, -0.25) is 10.1 Å². The van der Waals surface area contributed by atoms with Gasteiger partial charge in [-0.1, -0.05) is 0 Å². The molecule has 1 aliphatic rings. The van der Waals surface area contributed by atoms with E-state index in [4.69, 9.17) is 4.74 Å². The molecule has 18 heavy (non-hydrogen) atoms. The summed E-state index contributed by atoms with van der Waals surface area (Å²) < 4.78 is 5.61. The molecule has 0 saturated carbocycles. The first kappa shape index (κ1) is 11.2. The molecule has 2 heterocycles. The largest absolute Gasteiger partial charge is 0.490 e. The first-order chi connectivity index (χ1) is 8.72. The van der Waals surface area contributed by atoms with Crippen molar-refractivity contribution in [2.24, 2.45) is 0 Å². The molecule has 92 valence electrons. The molecule has 5 heteroatoms. The summed E-state index contributed by atoms with van der Waals surface area (Å²) in [5, 5.41) is 5.21. The minimum Gasteiger partial charge on any atom is -0.490 e. The highest BCUT2D eigenvalue weighted by molar-refractivity contribution is 7.13. The minimum absolute atomic E-state index is 0.132. The highest BCUT2D eigenvalue weighted by Crippen LogP contribution is 2.29. The minimum atomic E-state index is -0.132. The quantitative estimate of drug-likeness (QED) is 0.903. The topological polar surface area (TPSA) is 51.2 Å². The monoisotopic (exact) mass is 260 g/mol. The molecule has 0 radical (unpaired) electrons. The van der Waals surface area contributed by atoms with Crippen molar-refractivity contribution in [3.8, 4) is 5.75 Å². The van der Waals surface area contributed by atoms with Gasteiger partial charge < -0.3 is 4.74 Å².